The second kappa shape index (κ2) is 5.85. The number of hydrogen-bond donors (Lipinski definition) is 1. The molecule has 3 heteroatoms. The molecule has 1 aromatic carbocycles. The molecule has 0 spiro atoms. The van der Waals surface area contributed by atoms with Gasteiger partial charge in [-0.25, -0.2) is 0 Å². The van der Waals surface area contributed by atoms with Crippen LogP contribution >= 0.6 is 23.4 Å². The van der Waals surface area contributed by atoms with Gasteiger partial charge in [-0.3, -0.25) is 0 Å². The zero-order chi connectivity index (χ0) is 13.2. The fraction of sp³-hybridized carbons (Fsp3) is 0.600. The van der Waals surface area contributed by atoms with Gasteiger partial charge in [0.25, 0.3) is 0 Å². The summed E-state index contributed by atoms with van der Waals surface area (Å²) in [5, 5.41) is 3.51. The zero-order valence-electron chi connectivity index (χ0n) is 11.4. The molecule has 1 heterocycles. The van der Waals surface area contributed by atoms with Gasteiger partial charge in [-0.05, 0) is 37.1 Å². The maximum Gasteiger partial charge on any atom is 0.0332 e. The van der Waals surface area contributed by atoms with Crippen LogP contribution in [0, 0.1) is 0 Å². The normalized spacial score (nSPS) is 19.3. The molecule has 2 atom stereocenters. The molecule has 0 fully saturated rings. The van der Waals surface area contributed by atoms with Crippen molar-refractivity contribution in [1.29, 1.82) is 0 Å². The first-order valence-electron chi connectivity index (χ1n) is 6.67. The summed E-state index contributed by atoms with van der Waals surface area (Å²) in [7, 11) is 0. The monoisotopic (exact) mass is 283 g/mol. The van der Waals surface area contributed by atoms with E-state index in [-0.39, 0.29) is 5.41 Å². The molecule has 2 rings (SSSR count). The van der Waals surface area contributed by atoms with Crippen LogP contribution in [0.15, 0.2) is 23.1 Å². The maximum absolute atomic E-state index is 6.28. The quantitative estimate of drug-likeness (QED) is 0.825. The van der Waals surface area contributed by atoms with E-state index in [1.807, 2.05) is 11.8 Å². The third kappa shape index (κ3) is 2.56. The maximum atomic E-state index is 6.28. The first-order chi connectivity index (χ1) is 8.61. The molecule has 1 N–H and O–H groups in total. The van der Waals surface area contributed by atoms with Gasteiger partial charge in [0.1, 0.15) is 0 Å². The number of alkyl halides is 1. The van der Waals surface area contributed by atoms with E-state index in [4.69, 9.17) is 11.6 Å². The molecule has 18 heavy (non-hydrogen) atoms. The molecular weight excluding hydrogens is 262 g/mol. The van der Waals surface area contributed by atoms with Gasteiger partial charge in [0, 0.05) is 28.0 Å². The van der Waals surface area contributed by atoms with Gasteiger partial charge in [0.05, 0.1) is 0 Å². The highest BCUT2D eigenvalue weighted by molar-refractivity contribution is 7.99. The molecule has 0 amide bonds. The fourth-order valence-electron chi connectivity index (χ4n) is 2.52. The highest BCUT2D eigenvalue weighted by atomic mass is 35.5. The van der Waals surface area contributed by atoms with Crippen LogP contribution in [0.25, 0.3) is 0 Å². The summed E-state index contributed by atoms with van der Waals surface area (Å²) in [5.74, 6) is 1.87. The summed E-state index contributed by atoms with van der Waals surface area (Å²) in [6.45, 7) is 7.62. The average molecular weight is 284 g/mol. The number of benzene rings is 1. The van der Waals surface area contributed by atoms with Crippen molar-refractivity contribution >= 4 is 23.4 Å². The van der Waals surface area contributed by atoms with Crippen LogP contribution in [0.3, 0.4) is 0 Å². The van der Waals surface area contributed by atoms with Crippen molar-refractivity contribution in [3.63, 3.8) is 0 Å². The van der Waals surface area contributed by atoms with Gasteiger partial charge < -0.3 is 5.32 Å². The Bertz CT molecular complexity index is 421. The number of likely N-dealkylation sites (N-methyl/N-ethyl adjacent to an activating group) is 1. The minimum atomic E-state index is -0.000147. The largest absolute Gasteiger partial charge is 0.314 e. The standard InChI is InChI=1S/C15H22ClNS/c1-4-17-11(2)15(3,10-16)13-5-6-14-12(9-13)7-8-18-14/h5-6,9,11,17H,4,7-8,10H2,1-3H3. The molecule has 1 aliphatic heterocycles. The summed E-state index contributed by atoms with van der Waals surface area (Å²) in [6.07, 6.45) is 1.20. The molecular formula is C15H22ClNS. The Kier molecular flexibility index (Phi) is 4.63. The van der Waals surface area contributed by atoms with E-state index < -0.39 is 0 Å². The molecule has 0 bridgehead atoms. The molecule has 1 aromatic rings. The lowest BCUT2D eigenvalue weighted by Gasteiger charge is -2.35. The summed E-state index contributed by atoms with van der Waals surface area (Å²) in [6, 6.07) is 7.28. The minimum absolute atomic E-state index is 0.000147. The predicted octanol–water partition coefficient (Wildman–Crippen LogP) is 3.83. The van der Waals surface area contributed by atoms with E-state index in [2.05, 4.69) is 44.3 Å². The second-order valence-electron chi connectivity index (χ2n) is 5.25. The van der Waals surface area contributed by atoms with E-state index in [1.54, 1.807) is 0 Å². The van der Waals surface area contributed by atoms with E-state index in [0.29, 0.717) is 11.9 Å². The van der Waals surface area contributed by atoms with Crippen LogP contribution in [-0.2, 0) is 11.8 Å². The SMILES string of the molecule is CCNC(C)C(C)(CCl)c1ccc2c(c1)CCS2. The van der Waals surface area contributed by atoms with Gasteiger partial charge in [-0.1, -0.05) is 26.0 Å². The lowest BCUT2D eigenvalue weighted by Crippen LogP contribution is -2.46. The van der Waals surface area contributed by atoms with Crippen LogP contribution < -0.4 is 5.32 Å². The average Bonchev–Trinajstić information content (AvgIpc) is 2.85. The number of thioether (sulfide) groups is 1. The molecule has 2 unspecified atom stereocenters. The van der Waals surface area contributed by atoms with Gasteiger partial charge >= 0.3 is 0 Å². The van der Waals surface area contributed by atoms with Gasteiger partial charge in [-0.15, -0.1) is 23.4 Å². The van der Waals surface area contributed by atoms with Crippen molar-refractivity contribution < 1.29 is 0 Å². The van der Waals surface area contributed by atoms with Crippen LogP contribution in [0.4, 0.5) is 0 Å². The lowest BCUT2D eigenvalue weighted by atomic mass is 9.77. The highest BCUT2D eigenvalue weighted by Gasteiger charge is 2.32. The number of rotatable bonds is 5. The van der Waals surface area contributed by atoms with Crippen molar-refractivity contribution in [2.24, 2.45) is 0 Å². The molecule has 0 aliphatic carbocycles. The van der Waals surface area contributed by atoms with Crippen molar-refractivity contribution in [3.05, 3.63) is 29.3 Å². The summed E-state index contributed by atoms with van der Waals surface area (Å²) in [4.78, 5) is 1.45. The van der Waals surface area contributed by atoms with Crippen molar-refractivity contribution in [2.75, 3.05) is 18.2 Å². The summed E-state index contributed by atoms with van der Waals surface area (Å²) in [5.41, 5.74) is 2.87. The van der Waals surface area contributed by atoms with Crippen LogP contribution in [0.5, 0.6) is 0 Å². The molecule has 0 saturated heterocycles. The van der Waals surface area contributed by atoms with Gasteiger partial charge in [0.2, 0.25) is 0 Å². The van der Waals surface area contributed by atoms with E-state index in [0.717, 1.165) is 6.54 Å². The second-order valence-corrected chi connectivity index (χ2v) is 6.66. The third-order valence-electron chi connectivity index (χ3n) is 4.09. The first kappa shape index (κ1) is 14.2. The number of aryl methyl sites for hydroxylation is 1. The topological polar surface area (TPSA) is 12.0 Å². The first-order valence-corrected chi connectivity index (χ1v) is 8.19. The lowest BCUT2D eigenvalue weighted by molar-refractivity contribution is 0.373. The summed E-state index contributed by atoms with van der Waals surface area (Å²) < 4.78 is 0. The molecule has 0 saturated carbocycles. The number of fused-ring (bicyclic) bond motifs is 1. The van der Waals surface area contributed by atoms with E-state index >= 15 is 0 Å². The van der Waals surface area contributed by atoms with Crippen molar-refractivity contribution in [2.45, 2.75) is 43.5 Å². The van der Waals surface area contributed by atoms with E-state index in [9.17, 15) is 0 Å². The Morgan fingerprint density at radius 3 is 2.94 bits per heavy atom. The Balaban J connectivity index is 2.32. The summed E-state index contributed by atoms with van der Waals surface area (Å²) >= 11 is 8.24. The molecule has 0 radical (unpaired) electrons. The molecule has 0 aromatic heterocycles. The van der Waals surface area contributed by atoms with Crippen LogP contribution in [-0.4, -0.2) is 24.2 Å². The Hall–Kier alpha value is -0.180. The van der Waals surface area contributed by atoms with Gasteiger partial charge in [-0.2, -0.15) is 0 Å². The fourth-order valence-corrected chi connectivity index (χ4v) is 3.95. The molecule has 100 valence electrons. The smallest absolute Gasteiger partial charge is 0.0332 e. The Labute approximate surface area is 120 Å². The van der Waals surface area contributed by atoms with Crippen molar-refractivity contribution in [3.8, 4) is 0 Å². The zero-order valence-corrected chi connectivity index (χ0v) is 13.0. The van der Waals surface area contributed by atoms with Crippen molar-refractivity contribution in [1.82, 2.24) is 5.32 Å². The Morgan fingerprint density at radius 1 is 1.50 bits per heavy atom. The van der Waals surface area contributed by atoms with Gasteiger partial charge in [0.15, 0.2) is 0 Å². The molecule has 1 aliphatic rings. The number of hydrogen-bond acceptors (Lipinski definition) is 2. The van der Waals surface area contributed by atoms with Crippen LogP contribution in [0.2, 0.25) is 0 Å². The highest BCUT2D eigenvalue weighted by Crippen LogP contribution is 2.36. The molecule has 1 nitrogen and oxygen atoms in total. The number of nitrogens with one attached hydrogen (secondary N) is 1. The Morgan fingerprint density at radius 2 is 2.28 bits per heavy atom. The number of halogens is 1. The predicted molar refractivity (Wildman–Crippen MR) is 82.1 cm³/mol. The minimum Gasteiger partial charge on any atom is -0.314 e. The third-order valence-corrected chi connectivity index (χ3v) is 5.77. The van der Waals surface area contributed by atoms with E-state index in [1.165, 1.54) is 28.2 Å². The van der Waals surface area contributed by atoms with Crippen LogP contribution in [0.1, 0.15) is 31.9 Å².